The molecule has 1 heterocycles. The highest BCUT2D eigenvalue weighted by molar-refractivity contribution is 5.32. The van der Waals surface area contributed by atoms with Gasteiger partial charge in [0.05, 0.1) is 0 Å². The van der Waals surface area contributed by atoms with Crippen LogP contribution >= 0.6 is 0 Å². The van der Waals surface area contributed by atoms with Crippen LogP contribution in [0.2, 0.25) is 0 Å². The second kappa shape index (κ2) is 3.52. The molecule has 1 aromatic rings. The fraction of sp³-hybridized carbons (Fsp3) is 0.556. The minimum absolute atomic E-state index is 0.718. The molecule has 0 amide bonds. The Bertz CT molecular complexity index is 281. The molecule has 1 N–H and O–H groups in total. The zero-order valence-corrected chi connectivity index (χ0v) is 8.10. The third-order valence-corrected chi connectivity index (χ3v) is 2.05. The maximum atomic E-state index is 4.35. The normalized spacial score (nSPS) is 10.0. The van der Waals surface area contributed by atoms with Crippen LogP contribution in [0.5, 0.6) is 0 Å². The number of nitrogens with one attached hydrogen (secondary N) is 1. The standard InChI is InChI=1S/C9H15N3/c1-5-8-6(2)7(3)11-9(10-4)12-8/h5H2,1-4H3,(H,10,11,12). The minimum atomic E-state index is 0.718. The van der Waals surface area contributed by atoms with Gasteiger partial charge in [-0.15, -0.1) is 0 Å². The van der Waals surface area contributed by atoms with Crippen LogP contribution in [-0.2, 0) is 6.42 Å². The molecule has 3 heteroatoms. The second-order valence-corrected chi connectivity index (χ2v) is 2.81. The van der Waals surface area contributed by atoms with Crippen LogP contribution in [0.4, 0.5) is 5.95 Å². The molecule has 1 rings (SSSR count). The van der Waals surface area contributed by atoms with Crippen molar-refractivity contribution in [3.63, 3.8) is 0 Å². The number of aryl methyl sites for hydroxylation is 2. The summed E-state index contributed by atoms with van der Waals surface area (Å²) in [4.78, 5) is 8.63. The number of aromatic nitrogens is 2. The third-order valence-electron chi connectivity index (χ3n) is 2.05. The molecule has 0 radical (unpaired) electrons. The highest BCUT2D eigenvalue weighted by Crippen LogP contribution is 2.11. The van der Waals surface area contributed by atoms with E-state index in [4.69, 9.17) is 0 Å². The lowest BCUT2D eigenvalue weighted by Gasteiger charge is -2.07. The van der Waals surface area contributed by atoms with Gasteiger partial charge < -0.3 is 5.32 Å². The summed E-state index contributed by atoms with van der Waals surface area (Å²) in [6, 6.07) is 0. The zero-order chi connectivity index (χ0) is 9.14. The van der Waals surface area contributed by atoms with E-state index < -0.39 is 0 Å². The third kappa shape index (κ3) is 1.55. The van der Waals surface area contributed by atoms with Gasteiger partial charge in [0.15, 0.2) is 0 Å². The summed E-state index contributed by atoms with van der Waals surface area (Å²) in [6.45, 7) is 6.18. The SMILES string of the molecule is CCc1nc(NC)nc(C)c1C. The number of hydrogen-bond donors (Lipinski definition) is 1. The van der Waals surface area contributed by atoms with E-state index >= 15 is 0 Å². The fourth-order valence-electron chi connectivity index (χ4n) is 1.14. The van der Waals surface area contributed by atoms with E-state index in [1.54, 1.807) is 0 Å². The van der Waals surface area contributed by atoms with E-state index in [1.165, 1.54) is 5.56 Å². The van der Waals surface area contributed by atoms with Gasteiger partial charge in [-0.3, -0.25) is 0 Å². The minimum Gasteiger partial charge on any atom is -0.357 e. The smallest absolute Gasteiger partial charge is 0.222 e. The maximum absolute atomic E-state index is 4.35. The number of hydrogen-bond acceptors (Lipinski definition) is 3. The van der Waals surface area contributed by atoms with Crippen LogP contribution < -0.4 is 5.32 Å². The van der Waals surface area contributed by atoms with Crippen molar-refractivity contribution in [2.24, 2.45) is 0 Å². The predicted molar refractivity (Wildman–Crippen MR) is 50.4 cm³/mol. The first-order valence-electron chi connectivity index (χ1n) is 4.21. The van der Waals surface area contributed by atoms with Crippen molar-refractivity contribution in [1.82, 2.24) is 9.97 Å². The van der Waals surface area contributed by atoms with Crippen molar-refractivity contribution in [1.29, 1.82) is 0 Å². The van der Waals surface area contributed by atoms with Gasteiger partial charge in [-0.1, -0.05) is 6.92 Å². The van der Waals surface area contributed by atoms with Gasteiger partial charge in [-0.05, 0) is 25.8 Å². The molecule has 0 fully saturated rings. The van der Waals surface area contributed by atoms with Crippen molar-refractivity contribution in [2.45, 2.75) is 27.2 Å². The first kappa shape index (κ1) is 8.97. The Morgan fingerprint density at radius 1 is 1.25 bits per heavy atom. The van der Waals surface area contributed by atoms with Crippen LogP contribution in [0.25, 0.3) is 0 Å². The van der Waals surface area contributed by atoms with Crippen molar-refractivity contribution < 1.29 is 0 Å². The summed E-state index contributed by atoms with van der Waals surface area (Å²) in [5.41, 5.74) is 3.40. The van der Waals surface area contributed by atoms with Crippen LogP contribution in [0.3, 0.4) is 0 Å². The highest BCUT2D eigenvalue weighted by atomic mass is 15.1. The summed E-state index contributed by atoms with van der Waals surface area (Å²) in [5, 5.41) is 2.95. The number of nitrogens with zero attached hydrogens (tertiary/aromatic N) is 2. The molecule has 3 nitrogen and oxygen atoms in total. The van der Waals surface area contributed by atoms with Gasteiger partial charge in [0.2, 0.25) is 5.95 Å². The molecular weight excluding hydrogens is 150 g/mol. The van der Waals surface area contributed by atoms with Gasteiger partial charge in [0.25, 0.3) is 0 Å². The molecular formula is C9H15N3. The van der Waals surface area contributed by atoms with Gasteiger partial charge >= 0.3 is 0 Å². The molecule has 0 bridgehead atoms. The molecule has 0 aliphatic rings. The highest BCUT2D eigenvalue weighted by Gasteiger charge is 2.04. The Balaban J connectivity index is 3.19. The Morgan fingerprint density at radius 3 is 2.42 bits per heavy atom. The Hall–Kier alpha value is -1.12. The van der Waals surface area contributed by atoms with Crippen molar-refractivity contribution in [2.75, 3.05) is 12.4 Å². The van der Waals surface area contributed by atoms with Gasteiger partial charge in [0, 0.05) is 18.4 Å². The molecule has 12 heavy (non-hydrogen) atoms. The molecule has 66 valence electrons. The van der Waals surface area contributed by atoms with Gasteiger partial charge in [0.1, 0.15) is 0 Å². The summed E-state index contributed by atoms with van der Waals surface area (Å²) < 4.78 is 0. The van der Waals surface area contributed by atoms with E-state index in [-0.39, 0.29) is 0 Å². The number of rotatable bonds is 2. The molecule has 1 aromatic heterocycles. The summed E-state index contributed by atoms with van der Waals surface area (Å²) in [5.74, 6) is 0.718. The van der Waals surface area contributed by atoms with E-state index in [1.807, 2.05) is 14.0 Å². The molecule has 0 unspecified atom stereocenters. The Kier molecular flexibility index (Phi) is 2.63. The van der Waals surface area contributed by atoms with Gasteiger partial charge in [-0.2, -0.15) is 0 Å². The van der Waals surface area contributed by atoms with Crippen LogP contribution in [0.15, 0.2) is 0 Å². The Labute approximate surface area is 73.2 Å². The monoisotopic (exact) mass is 165 g/mol. The lowest BCUT2D eigenvalue weighted by atomic mass is 10.1. The quantitative estimate of drug-likeness (QED) is 0.724. The summed E-state index contributed by atoms with van der Waals surface area (Å²) in [7, 11) is 1.84. The molecule has 0 aliphatic carbocycles. The molecule has 0 spiro atoms. The van der Waals surface area contributed by atoms with Crippen molar-refractivity contribution in [3.05, 3.63) is 17.0 Å². The predicted octanol–water partition coefficient (Wildman–Crippen LogP) is 1.70. The number of anilines is 1. The maximum Gasteiger partial charge on any atom is 0.222 e. The van der Waals surface area contributed by atoms with Crippen LogP contribution in [0.1, 0.15) is 23.9 Å². The topological polar surface area (TPSA) is 37.8 Å². The average Bonchev–Trinajstić information content (AvgIpc) is 2.09. The fourth-order valence-corrected chi connectivity index (χ4v) is 1.14. The average molecular weight is 165 g/mol. The van der Waals surface area contributed by atoms with E-state index in [0.29, 0.717) is 0 Å². The van der Waals surface area contributed by atoms with Crippen molar-refractivity contribution >= 4 is 5.95 Å². The Morgan fingerprint density at radius 2 is 1.92 bits per heavy atom. The summed E-state index contributed by atoms with van der Waals surface area (Å²) >= 11 is 0. The van der Waals surface area contributed by atoms with Crippen LogP contribution in [-0.4, -0.2) is 17.0 Å². The molecule has 0 saturated heterocycles. The van der Waals surface area contributed by atoms with E-state index in [2.05, 4.69) is 29.1 Å². The van der Waals surface area contributed by atoms with Gasteiger partial charge in [-0.25, -0.2) is 9.97 Å². The zero-order valence-electron chi connectivity index (χ0n) is 8.10. The molecule has 0 aliphatic heterocycles. The largest absolute Gasteiger partial charge is 0.357 e. The second-order valence-electron chi connectivity index (χ2n) is 2.81. The molecule has 0 aromatic carbocycles. The first-order chi connectivity index (χ1) is 5.69. The lowest BCUT2D eigenvalue weighted by Crippen LogP contribution is -2.04. The lowest BCUT2D eigenvalue weighted by molar-refractivity contribution is 0.947. The van der Waals surface area contributed by atoms with Crippen LogP contribution in [0, 0.1) is 13.8 Å². The first-order valence-corrected chi connectivity index (χ1v) is 4.21. The van der Waals surface area contributed by atoms with Crippen molar-refractivity contribution in [3.8, 4) is 0 Å². The molecule has 0 saturated carbocycles. The van der Waals surface area contributed by atoms with E-state index in [9.17, 15) is 0 Å². The summed E-state index contributed by atoms with van der Waals surface area (Å²) in [6.07, 6.45) is 0.962. The molecule has 0 atom stereocenters. The van der Waals surface area contributed by atoms with E-state index in [0.717, 1.165) is 23.8 Å².